The number of hydrogen-bond acceptors (Lipinski definition) is 5. The van der Waals surface area contributed by atoms with Gasteiger partial charge in [-0.05, 0) is 31.6 Å². The summed E-state index contributed by atoms with van der Waals surface area (Å²) in [5.74, 6) is 2.24. The van der Waals surface area contributed by atoms with Gasteiger partial charge in [-0.1, -0.05) is 6.42 Å². The Kier molecular flexibility index (Phi) is 5.10. The van der Waals surface area contributed by atoms with Gasteiger partial charge in [-0.15, -0.1) is 10.2 Å². The Hall–Kier alpha value is -0.990. The van der Waals surface area contributed by atoms with Crippen molar-refractivity contribution < 1.29 is 13.2 Å². The van der Waals surface area contributed by atoms with E-state index in [1.54, 1.807) is 0 Å². The molecule has 7 nitrogen and oxygen atoms in total. The lowest BCUT2D eigenvalue weighted by atomic mass is 10.1. The molecule has 1 saturated heterocycles. The van der Waals surface area contributed by atoms with E-state index in [0.717, 1.165) is 50.5 Å². The number of rotatable bonds is 6. The van der Waals surface area contributed by atoms with Crippen molar-refractivity contribution in [3.63, 3.8) is 0 Å². The average molecular weight is 328 g/mol. The van der Waals surface area contributed by atoms with Gasteiger partial charge in [0.15, 0.2) is 0 Å². The first-order valence-corrected chi connectivity index (χ1v) is 9.75. The quantitative estimate of drug-likeness (QED) is 0.837. The predicted molar refractivity (Wildman–Crippen MR) is 81.7 cm³/mol. The highest BCUT2D eigenvalue weighted by Crippen LogP contribution is 2.17. The zero-order chi connectivity index (χ0) is 15.4. The third-order valence-electron chi connectivity index (χ3n) is 4.46. The molecule has 2 aliphatic rings. The van der Waals surface area contributed by atoms with E-state index in [0.29, 0.717) is 18.9 Å². The SMILES string of the molecule is O=S(=O)(CC[C@H]1CCOC1)NCc1nnc2n1CCCCC2. The molecule has 22 heavy (non-hydrogen) atoms. The van der Waals surface area contributed by atoms with Gasteiger partial charge in [0.05, 0.1) is 12.3 Å². The number of aromatic nitrogens is 3. The Labute approximate surface area is 131 Å². The van der Waals surface area contributed by atoms with E-state index < -0.39 is 10.0 Å². The van der Waals surface area contributed by atoms with Gasteiger partial charge in [0.25, 0.3) is 0 Å². The Balaban J connectivity index is 1.54. The van der Waals surface area contributed by atoms with Gasteiger partial charge < -0.3 is 9.30 Å². The van der Waals surface area contributed by atoms with Crippen LogP contribution < -0.4 is 4.72 Å². The summed E-state index contributed by atoms with van der Waals surface area (Å²) in [7, 11) is -3.27. The largest absolute Gasteiger partial charge is 0.381 e. The Morgan fingerprint density at radius 2 is 2.18 bits per heavy atom. The maximum atomic E-state index is 12.1. The van der Waals surface area contributed by atoms with Crippen LogP contribution in [0.25, 0.3) is 0 Å². The van der Waals surface area contributed by atoms with E-state index in [-0.39, 0.29) is 12.3 Å². The van der Waals surface area contributed by atoms with Crippen LogP contribution in [0.4, 0.5) is 0 Å². The second-order valence-electron chi connectivity index (χ2n) is 6.15. The van der Waals surface area contributed by atoms with E-state index in [1.807, 2.05) is 0 Å². The van der Waals surface area contributed by atoms with Crippen molar-refractivity contribution in [1.29, 1.82) is 0 Å². The summed E-state index contributed by atoms with van der Waals surface area (Å²) in [5.41, 5.74) is 0. The number of hydrogen-bond donors (Lipinski definition) is 1. The highest BCUT2D eigenvalue weighted by molar-refractivity contribution is 7.89. The zero-order valence-corrected chi connectivity index (χ0v) is 13.6. The lowest BCUT2D eigenvalue weighted by Crippen LogP contribution is -2.28. The standard InChI is InChI=1S/C14H24N4O3S/c19-22(20,9-6-12-5-8-21-11-12)15-10-14-17-16-13-4-2-1-3-7-18(13)14/h12,15H,1-11H2/t12-/m1/s1. The van der Waals surface area contributed by atoms with Gasteiger partial charge in [-0.3, -0.25) is 0 Å². The van der Waals surface area contributed by atoms with Gasteiger partial charge >= 0.3 is 0 Å². The summed E-state index contributed by atoms with van der Waals surface area (Å²) < 4.78 is 34.2. The lowest BCUT2D eigenvalue weighted by molar-refractivity contribution is 0.185. The van der Waals surface area contributed by atoms with E-state index in [1.165, 1.54) is 6.42 Å². The Bertz CT molecular complexity index is 593. The van der Waals surface area contributed by atoms with Crippen molar-refractivity contribution in [1.82, 2.24) is 19.5 Å². The molecule has 1 fully saturated rings. The molecule has 0 spiro atoms. The van der Waals surface area contributed by atoms with E-state index in [9.17, 15) is 8.42 Å². The first-order chi connectivity index (χ1) is 10.6. The fourth-order valence-electron chi connectivity index (χ4n) is 3.06. The van der Waals surface area contributed by atoms with Crippen molar-refractivity contribution in [2.75, 3.05) is 19.0 Å². The third kappa shape index (κ3) is 4.05. The van der Waals surface area contributed by atoms with Crippen LogP contribution in [-0.2, 0) is 34.3 Å². The fourth-order valence-corrected chi connectivity index (χ4v) is 4.19. The molecule has 3 heterocycles. The summed E-state index contributed by atoms with van der Waals surface area (Å²) in [6.07, 6.45) is 5.99. The molecule has 0 aromatic carbocycles. The second kappa shape index (κ2) is 7.06. The first kappa shape index (κ1) is 15.9. The molecule has 1 N–H and O–H groups in total. The van der Waals surface area contributed by atoms with Crippen LogP contribution in [0, 0.1) is 5.92 Å². The molecule has 0 unspecified atom stereocenters. The number of aryl methyl sites for hydroxylation is 1. The number of sulfonamides is 1. The van der Waals surface area contributed by atoms with Crippen molar-refractivity contribution in [2.24, 2.45) is 5.92 Å². The summed E-state index contributed by atoms with van der Waals surface area (Å²) in [6.45, 7) is 2.56. The van der Waals surface area contributed by atoms with Crippen LogP contribution in [-0.4, -0.2) is 42.1 Å². The number of ether oxygens (including phenoxy) is 1. The molecule has 124 valence electrons. The summed E-state index contributed by atoms with van der Waals surface area (Å²) in [6, 6.07) is 0. The summed E-state index contributed by atoms with van der Waals surface area (Å²) in [4.78, 5) is 0. The lowest BCUT2D eigenvalue weighted by Gasteiger charge is -2.10. The van der Waals surface area contributed by atoms with Crippen LogP contribution in [0.1, 0.15) is 43.8 Å². The van der Waals surface area contributed by atoms with Gasteiger partial charge in [-0.25, -0.2) is 13.1 Å². The molecule has 0 aliphatic carbocycles. The minimum atomic E-state index is -3.27. The topological polar surface area (TPSA) is 86.1 Å². The highest BCUT2D eigenvalue weighted by atomic mass is 32.2. The van der Waals surface area contributed by atoms with E-state index in [4.69, 9.17) is 4.74 Å². The molecule has 3 rings (SSSR count). The van der Waals surface area contributed by atoms with Crippen LogP contribution >= 0.6 is 0 Å². The third-order valence-corrected chi connectivity index (χ3v) is 5.81. The average Bonchev–Trinajstić information content (AvgIpc) is 3.09. The fraction of sp³-hybridized carbons (Fsp3) is 0.857. The van der Waals surface area contributed by atoms with Crippen molar-refractivity contribution in [3.05, 3.63) is 11.6 Å². The van der Waals surface area contributed by atoms with Crippen LogP contribution in [0.3, 0.4) is 0 Å². The van der Waals surface area contributed by atoms with Gasteiger partial charge in [0.2, 0.25) is 10.0 Å². The van der Waals surface area contributed by atoms with E-state index >= 15 is 0 Å². The molecule has 0 saturated carbocycles. The normalized spacial score (nSPS) is 22.5. The molecule has 2 aliphatic heterocycles. The number of nitrogens with zero attached hydrogens (tertiary/aromatic N) is 3. The second-order valence-corrected chi connectivity index (χ2v) is 8.08. The van der Waals surface area contributed by atoms with E-state index in [2.05, 4.69) is 19.5 Å². The summed E-state index contributed by atoms with van der Waals surface area (Å²) in [5, 5.41) is 8.33. The maximum Gasteiger partial charge on any atom is 0.212 e. The minimum absolute atomic E-state index is 0.155. The molecule has 0 bridgehead atoms. The van der Waals surface area contributed by atoms with Crippen molar-refractivity contribution in [3.8, 4) is 0 Å². The highest BCUT2D eigenvalue weighted by Gasteiger charge is 2.21. The molecule has 1 aromatic heterocycles. The van der Waals surface area contributed by atoms with Gasteiger partial charge in [-0.2, -0.15) is 0 Å². The number of fused-ring (bicyclic) bond motifs is 1. The molecule has 8 heteroatoms. The molecular weight excluding hydrogens is 304 g/mol. The molecular formula is C14H24N4O3S. The van der Waals surface area contributed by atoms with Gasteiger partial charge in [0.1, 0.15) is 11.6 Å². The van der Waals surface area contributed by atoms with Gasteiger partial charge in [0, 0.05) is 26.2 Å². The maximum absolute atomic E-state index is 12.1. The molecule has 1 atom stereocenters. The number of nitrogens with one attached hydrogen (secondary N) is 1. The minimum Gasteiger partial charge on any atom is -0.381 e. The Morgan fingerprint density at radius 1 is 1.27 bits per heavy atom. The molecule has 0 radical (unpaired) electrons. The first-order valence-electron chi connectivity index (χ1n) is 8.10. The molecule has 1 aromatic rings. The van der Waals surface area contributed by atoms with Crippen LogP contribution in [0.5, 0.6) is 0 Å². The zero-order valence-electron chi connectivity index (χ0n) is 12.8. The Morgan fingerprint density at radius 3 is 3.00 bits per heavy atom. The van der Waals surface area contributed by atoms with Crippen molar-refractivity contribution >= 4 is 10.0 Å². The monoisotopic (exact) mass is 328 g/mol. The molecule has 0 amide bonds. The predicted octanol–water partition coefficient (Wildman–Crippen LogP) is 0.850. The van der Waals surface area contributed by atoms with Crippen LogP contribution in [0.2, 0.25) is 0 Å². The summed E-state index contributed by atoms with van der Waals surface area (Å²) >= 11 is 0. The smallest absolute Gasteiger partial charge is 0.212 e. The van der Waals surface area contributed by atoms with Crippen molar-refractivity contribution in [2.45, 2.75) is 51.6 Å². The van der Waals surface area contributed by atoms with Crippen LogP contribution in [0.15, 0.2) is 0 Å².